The summed E-state index contributed by atoms with van der Waals surface area (Å²) in [4.78, 5) is 29.4. The van der Waals surface area contributed by atoms with Crippen LogP contribution < -0.4 is 9.47 Å². The lowest BCUT2D eigenvalue weighted by Gasteiger charge is -2.32. The highest BCUT2D eigenvalue weighted by atomic mass is 16.5. The molecule has 7 heteroatoms. The first-order valence-corrected chi connectivity index (χ1v) is 11.2. The number of rotatable bonds is 6. The first-order chi connectivity index (χ1) is 15.7. The molecule has 2 aliphatic heterocycles. The van der Waals surface area contributed by atoms with E-state index in [4.69, 9.17) is 14.2 Å². The van der Waals surface area contributed by atoms with Gasteiger partial charge in [-0.3, -0.25) is 9.59 Å². The molecule has 0 N–H and O–H groups in total. The Morgan fingerprint density at radius 3 is 2.41 bits per heavy atom. The fourth-order valence-electron chi connectivity index (χ4n) is 4.16. The van der Waals surface area contributed by atoms with Crippen molar-refractivity contribution in [3.8, 4) is 11.5 Å². The Balaban J connectivity index is 1.31. The van der Waals surface area contributed by atoms with E-state index in [1.165, 1.54) is 0 Å². The van der Waals surface area contributed by atoms with Gasteiger partial charge in [0.25, 0.3) is 11.8 Å². The van der Waals surface area contributed by atoms with Crippen LogP contribution in [-0.4, -0.2) is 74.7 Å². The molecule has 0 saturated carbocycles. The van der Waals surface area contributed by atoms with Crippen molar-refractivity contribution in [2.75, 3.05) is 53.1 Å². The molecular formula is C25H30N2O5. The average molecular weight is 439 g/mol. The molecule has 0 aromatic heterocycles. The minimum absolute atomic E-state index is 0.0115. The van der Waals surface area contributed by atoms with Crippen LogP contribution in [0.5, 0.6) is 11.5 Å². The number of carbonyl (C=O) groups is 2. The van der Waals surface area contributed by atoms with E-state index in [1.807, 2.05) is 52.3 Å². The molecule has 2 aromatic carbocycles. The number of methoxy groups -OCH3 is 1. The highest BCUT2D eigenvalue weighted by Crippen LogP contribution is 2.25. The zero-order chi connectivity index (χ0) is 22.3. The summed E-state index contributed by atoms with van der Waals surface area (Å²) in [6, 6.07) is 14.7. The van der Waals surface area contributed by atoms with Gasteiger partial charge < -0.3 is 24.0 Å². The number of para-hydroxylation sites is 1. The molecule has 2 fully saturated rings. The predicted molar refractivity (Wildman–Crippen MR) is 120 cm³/mol. The van der Waals surface area contributed by atoms with Crippen molar-refractivity contribution in [3.63, 3.8) is 0 Å². The van der Waals surface area contributed by atoms with Gasteiger partial charge in [0, 0.05) is 31.7 Å². The third kappa shape index (κ3) is 5.22. The molecule has 32 heavy (non-hydrogen) atoms. The van der Waals surface area contributed by atoms with Gasteiger partial charge in [-0.25, -0.2) is 0 Å². The van der Waals surface area contributed by atoms with Crippen LogP contribution in [0, 0.1) is 5.92 Å². The SMILES string of the molecule is COc1cccc(C(=O)N2CCC(COc3ccccc3C(=O)N3CCOCC3)CC2)c1. The zero-order valence-electron chi connectivity index (χ0n) is 18.5. The van der Waals surface area contributed by atoms with Crippen LogP contribution in [0.15, 0.2) is 48.5 Å². The second kappa shape index (κ2) is 10.5. The normalized spacial score (nSPS) is 17.2. The molecule has 2 amide bonds. The molecule has 0 atom stereocenters. The van der Waals surface area contributed by atoms with Crippen molar-refractivity contribution in [2.24, 2.45) is 5.92 Å². The fraction of sp³-hybridized carbons (Fsp3) is 0.440. The first kappa shape index (κ1) is 22.1. The van der Waals surface area contributed by atoms with Crippen molar-refractivity contribution in [1.29, 1.82) is 0 Å². The summed E-state index contributed by atoms with van der Waals surface area (Å²) < 4.78 is 16.7. The summed E-state index contributed by atoms with van der Waals surface area (Å²) in [6.45, 7) is 4.27. The van der Waals surface area contributed by atoms with Crippen LogP contribution in [0.25, 0.3) is 0 Å². The van der Waals surface area contributed by atoms with Gasteiger partial charge in [-0.05, 0) is 49.1 Å². The van der Waals surface area contributed by atoms with E-state index >= 15 is 0 Å². The van der Waals surface area contributed by atoms with E-state index in [-0.39, 0.29) is 11.8 Å². The van der Waals surface area contributed by atoms with Crippen molar-refractivity contribution in [3.05, 3.63) is 59.7 Å². The van der Waals surface area contributed by atoms with Gasteiger partial charge in [-0.15, -0.1) is 0 Å². The molecule has 2 saturated heterocycles. The lowest BCUT2D eigenvalue weighted by molar-refractivity contribution is 0.0299. The molecule has 0 bridgehead atoms. The molecule has 2 aliphatic rings. The molecule has 0 spiro atoms. The number of nitrogens with zero attached hydrogens (tertiary/aromatic N) is 2. The monoisotopic (exact) mass is 438 g/mol. The molecular weight excluding hydrogens is 408 g/mol. The van der Waals surface area contributed by atoms with Crippen molar-refractivity contribution < 1.29 is 23.8 Å². The Labute approximate surface area is 188 Å². The molecule has 2 heterocycles. The van der Waals surface area contributed by atoms with Gasteiger partial charge in [0.15, 0.2) is 0 Å². The molecule has 0 unspecified atom stereocenters. The minimum atomic E-state index is -0.0115. The fourth-order valence-corrected chi connectivity index (χ4v) is 4.16. The lowest BCUT2D eigenvalue weighted by atomic mass is 9.97. The number of ether oxygens (including phenoxy) is 3. The topological polar surface area (TPSA) is 68.3 Å². The standard InChI is InChI=1S/C25H30N2O5/c1-30-21-6-4-5-20(17-21)24(28)26-11-9-19(10-12-26)18-32-23-8-3-2-7-22(23)25(29)27-13-15-31-16-14-27/h2-8,17,19H,9-16,18H2,1H3. The van der Waals surface area contributed by atoms with E-state index in [0.29, 0.717) is 74.5 Å². The molecule has 2 aromatic rings. The Morgan fingerprint density at radius 1 is 0.938 bits per heavy atom. The largest absolute Gasteiger partial charge is 0.497 e. The van der Waals surface area contributed by atoms with Crippen LogP contribution in [0.1, 0.15) is 33.6 Å². The summed E-state index contributed by atoms with van der Waals surface area (Å²) in [5, 5.41) is 0. The molecule has 0 aliphatic carbocycles. The van der Waals surface area contributed by atoms with Gasteiger partial charge in [0.1, 0.15) is 11.5 Å². The minimum Gasteiger partial charge on any atom is -0.497 e. The quantitative estimate of drug-likeness (QED) is 0.693. The van der Waals surface area contributed by atoms with E-state index in [9.17, 15) is 9.59 Å². The summed E-state index contributed by atoms with van der Waals surface area (Å²) in [5.41, 5.74) is 1.25. The second-order valence-electron chi connectivity index (χ2n) is 8.18. The van der Waals surface area contributed by atoms with Crippen molar-refractivity contribution >= 4 is 11.8 Å². The number of morpholine rings is 1. The highest BCUT2D eigenvalue weighted by Gasteiger charge is 2.26. The zero-order valence-corrected chi connectivity index (χ0v) is 18.5. The van der Waals surface area contributed by atoms with E-state index in [0.717, 1.165) is 12.8 Å². The van der Waals surface area contributed by atoms with Crippen LogP contribution in [0.2, 0.25) is 0 Å². The van der Waals surface area contributed by atoms with Crippen LogP contribution >= 0.6 is 0 Å². The second-order valence-corrected chi connectivity index (χ2v) is 8.18. The number of carbonyl (C=O) groups excluding carboxylic acids is 2. The Hall–Kier alpha value is -3.06. The summed E-state index contributed by atoms with van der Waals surface area (Å²) >= 11 is 0. The number of likely N-dealkylation sites (tertiary alicyclic amines) is 1. The maximum Gasteiger partial charge on any atom is 0.257 e. The van der Waals surface area contributed by atoms with Gasteiger partial charge in [-0.1, -0.05) is 18.2 Å². The maximum absolute atomic E-state index is 12.9. The Morgan fingerprint density at radius 2 is 1.66 bits per heavy atom. The smallest absolute Gasteiger partial charge is 0.257 e. The van der Waals surface area contributed by atoms with Gasteiger partial charge in [-0.2, -0.15) is 0 Å². The molecule has 0 radical (unpaired) electrons. The average Bonchev–Trinajstić information content (AvgIpc) is 2.87. The Bertz CT molecular complexity index is 933. The first-order valence-electron chi connectivity index (χ1n) is 11.2. The molecule has 7 nitrogen and oxygen atoms in total. The van der Waals surface area contributed by atoms with Crippen LogP contribution in [0.4, 0.5) is 0 Å². The molecule has 4 rings (SSSR count). The maximum atomic E-state index is 12.9. The number of benzene rings is 2. The van der Waals surface area contributed by atoms with Gasteiger partial charge in [0.05, 0.1) is 32.5 Å². The van der Waals surface area contributed by atoms with Gasteiger partial charge in [0.2, 0.25) is 0 Å². The number of piperidine rings is 1. The lowest BCUT2D eigenvalue weighted by Crippen LogP contribution is -2.41. The number of hydrogen-bond donors (Lipinski definition) is 0. The van der Waals surface area contributed by atoms with Crippen LogP contribution in [0.3, 0.4) is 0 Å². The highest BCUT2D eigenvalue weighted by molar-refractivity contribution is 5.97. The van der Waals surface area contributed by atoms with Crippen molar-refractivity contribution in [2.45, 2.75) is 12.8 Å². The number of amides is 2. The van der Waals surface area contributed by atoms with E-state index < -0.39 is 0 Å². The van der Waals surface area contributed by atoms with Crippen molar-refractivity contribution in [1.82, 2.24) is 9.80 Å². The summed E-state index contributed by atoms with van der Waals surface area (Å²) in [7, 11) is 1.60. The van der Waals surface area contributed by atoms with Gasteiger partial charge >= 0.3 is 0 Å². The summed E-state index contributed by atoms with van der Waals surface area (Å²) in [6.07, 6.45) is 1.74. The molecule has 170 valence electrons. The third-order valence-corrected chi connectivity index (χ3v) is 6.11. The van der Waals surface area contributed by atoms with E-state index in [1.54, 1.807) is 13.2 Å². The third-order valence-electron chi connectivity index (χ3n) is 6.11. The van der Waals surface area contributed by atoms with Crippen LogP contribution in [-0.2, 0) is 4.74 Å². The van der Waals surface area contributed by atoms with E-state index in [2.05, 4.69) is 0 Å². The predicted octanol–water partition coefficient (Wildman–Crippen LogP) is 3.10. The number of hydrogen-bond acceptors (Lipinski definition) is 5. The summed E-state index contributed by atoms with van der Waals surface area (Å²) in [5.74, 6) is 1.67. The Kier molecular flexibility index (Phi) is 7.27.